The molecule has 0 aliphatic carbocycles. The second-order valence-corrected chi connectivity index (χ2v) is 8.44. The third-order valence-electron chi connectivity index (χ3n) is 3.12. The third kappa shape index (κ3) is 6.19. The number of ether oxygens (including phenoxy) is 1. The Bertz CT molecular complexity index is 457. The summed E-state index contributed by atoms with van der Waals surface area (Å²) in [5.74, 6) is 0. The normalized spacial score (nSPS) is 21.2. The third-order valence-corrected chi connectivity index (χ3v) is 4.71. The maximum Gasteiger partial charge on any atom is 0.410 e. The highest BCUT2D eigenvalue weighted by Gasteiger charge is 2.28. The van der Waals surface area contributed by atoms with Gasteiger partial charge in [-0.05, 0) is 33.6 Å². The van der Waals surface area contributed by atoms with Crippen LogP contribution in [0.25, 0.3) is 0 Å². The molecule has 1 saturated heterocycles. The SMILES string of the molecule is CN(C)S(=O)(=O)N[C@@H]1CCCCN(C(=O)OC(C)(C)C)C1. The van der Waals surface area contributed by atoms with Crippen molar-refractivity contribution in [2.75, 3.05) is 27.2 Å². The Kier molecular flexibility index (Phi) is 6.01. The highest BCUT2D eigenvalue weighted by atomic mass is 32.2. The Hall–Kier alpha value is -0.860. The maximum absolute atomic E-state index is 12.1. The predicted octanol–water partition coefficient (Wildman–Crippen LogP) is 1.17. The molecule has 0 aromatic carbocycles. The van der Waals surface area contributed by atoms with Gasteiger partial charge in [0.15, 0.2) is 0 Å². The van der Waals surface area contributed by atoms with E-state index in [1.807, 2.05) is 20.8 Å². The average molecular weight is 321 g/mol. The lowest BCUT2D eigenvalue weighted by molar-refractivity contribution is 0.0247. The van der Waals surface area contributed by atoms with Gasteiger partial charge in [-0.15, -0.1) is 0 Å². The molecule has 7 nitrogen and oxygen atoms in total. The number of likely N-dealkylation sites (tertiary alicyclic amines) is 1. The van der Waals surface area contributed by atoms with Gasteiger partial charge >= 0.3 is 6.09 Å². The molecule has 124 valence electrons. The van der Waals surface area contributed by atoms with Gasteiger partial charge in [-0.1, -0.05) is 6.42 Å². The number of nitrogens with one attached hydrogen (secondary N) is 1. The van der Waals surface area contributed by atoms with Crippen LogP contribution in [0.2, 0.25) is 0 Å². The summed E-state index contributed by atoms with van der Waals surface area (Å²) in [5.41, 5.74) is -0.554. The van der Waals surface area contributed by atoms with Gasteiger partial charge in [0.1, 0.15) is 5.60 Å². The van der Waals surface area contributed by atoms with Gasteiger partial charge in [-0.2, -0.15) is 17.4 Å². The highest BCUT2D eigenvalue weighted by Crippen LogP contribution is 2.16. The minimum absolute atomic E-state index is 0.285. The first-order valence-electron chi connectivity index (χ1n) is 7.19. The van der Waals surface area contributed by atoms with E-state index in [4.69, 9.17) is 4.74 Å². The van der Waals surface area contributed by atoms with Crippen LogP contribution in [0.4, 0.5) is 4.79 Å². The number of carbonyl (C=O) groups excluding carboxylic acids is 1. The molecule has 1 amide bonds. The lowest BCUT2D eigenvalue weighted by atomic mass is 10.2. The topological polar surface area (TPSA) is 79.0 Å². The molecule has 0 radical (unpaired) electrons. The van der Waals surface area contributed by atoms with Gasteiger partial charge in [0.25, 0.3) is 10.2 Å². The van der Waals surface area contributed by atoms with Crippen molar-refractivity contribution in [1.29, 1.82) is 0 Å². The number of hydrogen-bond donors (Lipinski definition) is 1. The van der Waals surface area contributed by atoms with Gasteiger partial charge in [0, 0.05) is 33.2 Å². The molecule has 0 aromatic rings. The van der Waals surface area contributed by atoms with E-state index in [0.29, 0.717) is 19.5 Å². The van der Waals surface area contributed by atoms with Gasteiger partial charge < -0.3 is 9.64 Å². The van der Waals surface area contributed by atoms with Crippen LogP contribution in [-0.2, 0) is 14.9 Å². The van der Waals surface area contributed by atoms with Crippen LogP contribution in [0.1, 0.15) is 40.0 Å². The summed E-state index contributed by atoms with van der Waals surface area (Å²) in [6, 6.07) is -0.285. The molecule has 21 heavy (non-hydrogen) atoms. The van der Waals surface area contributed by atoms with E-state index in [1.54, 1.807) is 4.90 Å². The number of nitrogens with zero attached hydrogens (tertiary/aromatic N) is 2. The minimum atomic E-state index is -3.49. The summed E-state index contributed by atoms with van der Waals surface area (Å²) in [4.78, 5) is 13.7. The zero-order valence-corrected chi connectivity index (χ0v) is 14.4. The molecule has 0 bridgehead atoms. The van der Waals surface area contributed by atoms with Crippen LogP contribution in [0.3, 0.4) is 0 Å². The second kappa shape index (κ2) is 6.93. The van der Waals surface area contributed by atoms with Gasteiger partial charge in [0.05, 0.1) is 0 Å². The molecule has 1 N–H and O–H groups in total. The average Bonchev–Trinajstić information content (AvgIpc) is 2.51. The van der Waals surface area contributed by atoms with Crippen molar-refractivity contribution >= 4 is 16.3 Å². The molecule has 0 unspecified atom stereocenters. The van der Waals surface area contributed by atoms with Crippen molar-refractivity contribution in [3.8, 4) is 0 Å². The molecule has 1 aliphatic rings. The summed E-state index contributed by atoms with van der Waals surface area (Å²) in [5, 5.41) is 0. The summed E-state index contributed by atoms with van der Waals surface area (Å²) in [6.45, 7) is 6.37. The van der Waals surface area contributed by atoms with E-state index in [2.05, 4.69) is 4.72 Å². The van der Waals surface area contributed by atoms with Gasteiger partial charge in [-0.25, -0.2) is 4.79 Å². The molecule has 1 fully saturated rings. The summed E-state index contributed by atoms with van der Waals surface area (Å²) in [7, 11) is -0.540. The van der Waals surface area contributed by atoms with Crippen molar-refractivity contribution < 1.29 is 17.9 Å². The van der Waals surface area contributed by atoms with E-state index in [1.165, 1.54) is 14.1 Å². The zero-order valence-electron chi connectivity index (χ0n) is 13.5. The Morgan fingerprint density at radius 1 is 1.29 bits per heavy atom. The zero-order chi connectivity index (χ0) is 16.3. The van der Waals surface area contributed by atoms with E-state index >= 15 is 0 Å². The first-order chi connectivity index (χ1) is 9.51. The Morgan fingerprint density at radius 2 is 1.90 bits per heavy atom. The monoisotopic (exact) mass is 321 g/mol. The van der Waals surface area contributed by atoms with E-state index in [9.17, 15) is 13.2 Å². The molecule has 1 rings (SSSR count). The smallest absolute Gasteiger partial charge is 0.410 e. The molecule has 0 aromatic heterocycles. The van der Waals surface area contributed by atoms with Crippen LogP contribution in [0, 0.1) is 0 Å². The Labute approximate surface area is 127 Å². The van der Waals surface area contributed by atoms with Gasteiger partial charge in [-0.3, -0.25) is 0 Å². The molecule has 8 heteroatoms. The lowest BCUT2D eigenvalue weighted by Gasteiger charge is -2.29. The summed E-state index contributed by atoms with van der Waals surface area (Å²) < 4.78 is 32.9. The highest BCUT2D eigenvalue weighted by molar-refractivity contribution is 7.87. The molecular weight excluding hydrogens is 294 g/mol. The van der Waals surface area contributed by atoms with E-state index < -0.39 is 21.9 Å². The van der Waals surface area contributed by atoms with Crippen molar-refractivity contribution in [2.45, 2.75) is 51.7 Å². The van der Waals surface area contributed by atoms with Crippen molar-refractivity contribution in [1.82, 2.24) is 13.9 Å². The van der Waals surface area contributed by atoms with Crippen LogP contribution in [0.5, 0.6) is 0 Å². The van der Waals surface area contributed by atoms with E-state index in [-0.39, 0.29) is 6.04 Å². The minimum Gasteiger partial charge on any atom is -0.444 e. The summed E-state index contributed by atoms with van der Waals surface area (Å²) >= 11 is 0. The Morgan fingerprint density at radius 3 is 2.43 bits per heavy atom. The molecule has 1 aliphatic heterocycles. The molecule has 0 saturated carbocycles. The van der Waals surface area contributed by atoms with Crippen LogP contribution in [0.15, 0.2) is 0 Å². The first kappa shape index (κ1) is 18.2. The van der Waals surface area contributed by atoms with Gasteiger partial charge in [0.2, 0.25) is 0 Å². The first-order valence-corrected chi connectivity index (χ1v) is 8.63. The molecule has 0 spiro atoms. The number of rotatable bonds is 3. The lowest BCUT2D eigenvalue weighted by Crippen LogP contribution is -2.48. The quantitative estimate of drug-likeness (QED) is 0.846. The van der Waals surface area contributed by atoms with E-state index in [0.717, 1.165) is 17.1 Å². The number of amides is 1. The fraction of sp³-hybridized carbons (Fsp3) is 0.923. The largest absolute Gasteiger partial charge is 0.444 e. The predicted molar refractivity (Wildman–Crippen MR) is 81.2 cm³/mol. The number of carbonyl (C=O) groups is 1. The fourth-order valence-corrected chi connectivity index (χ4v) is 2.87. The standard InChI is InChI=1S/C13H27N3O4S/c1-13(2,3)20-12(17)16-9-7-6-8-11(10-16)14-21(18,19)15(4)5/h11,14H,6-10H2,1-5H3/t11-/m1/s1. The fourth-order valence-electron chi connectivity index (χ4n) is 2.05. The van der Waals surface area contributed by atoms with Crippen molar-refractivity contribution in [2.24, 2.45) is 0 Å². The van der Waals surface area contributed by atoms with Crippen LogP contribution >= 0.6 is 0 Å². The van der Waals surface area contributed by atoms with Crippen LogP contribution < -0.4 is 4.72 Å². The van der Waals surface area contributed by atoms with Crippen LogP contribution in [-0.4, -0.2) is 62.5 Å². The molecule has 1 atom stereocenters. The van der Waals surface area contributed by atoms with Crippen molar-refractivity contribution in [3.05, 3.63) is 0 Å². The molecular formula is C13H27N3O4S. The summed E-state index contributed by atoms with van der Waals surface area (Å²) in [6.07, 6.45) is 2.05. The molecule has 1 heterocycles. The maximum atomic E-state index is 12.1. The second-order valence-electron chi connectivity index (χ2n) is 6.52. The van der Waals surface area contributed by atoms with Crippen molar-refractivity contribution in [3.63, 3.8) is 0 Å². The number of hydrogen-bond acceptors (Lipinski definition) is 4. The Balaban J connectivity index is 2.71.